The predicted molar refractivity (Wildman–Crippen MR) is 63.3 cm³/mol. The molecule has 16 heavy (non-hydrogen) atoms. The van der Waals surface area contributed by atoms with Crippen LogP contribution in [0.15, 0.2) is 0 Å². The lowest BCUT2D eigenvalue weighted by Gasteiger charge is -2.29. The van der Waals surface area contributed by atoms with Gasteiger partial charge in [0, 0.05) is 19.6 Å². The van der Waals surface area contributed by atoms with Crippen molar-refractivity contribution in [3.63, 3.8) is 0 Å². The van der Waals surface area contributed by atoms with Crippen LogP contribution in [0.1, 0.15) is 39.5 Å². The molecule has 0 aromatic rings. The van der Waals surface area contributed by atoms with Gasteiger partial charge < -0.3 is 10.0 Å². The second kappa shape index (κ2) is 4.36. The van der Waals surface area contributed by atoms with E-state index in [4.69, 9.17) is 0 Å². The van der Waals surface area contributed by atoms with Gasteiger partial charge in [-0.25, -0.2) is 0 Å². The highest BCUT2D eigenvalue weighted by Gasteiger charge is 2.43. The van der Waals surface area contributed by atoms with Gasteiger partial charge in [-0.3, -0.25) is 4.79 Å². The fourth-order valence-electron chi connectivity index (χ4n) is 3.30. The van der Waals surface area contributed by atoms with Gasteiger partial charge in [0.05, 0.1) is 5.41 Å². The van der Waals surface area contributed by atoms with E-state index < -0.39 is 11.4 Å². The average Bonchev–Trinajstić information content (AvgIpc) is 2.77. The van der Waals surface area contributed by atoms with Crippen molar-refractivity contribution in [2.75, 3.05) is 19.6 Å². The molecule has 92 valence electrons. The molecule has 0 bridgehead atoms. The molecule has 2 atom stereocenters. The number of carbonyl (C=O) groups is 1. The average molecular weight is 225 g/mol. The number of rotatable bonds is 3. The van der Waals surface area contributed by atoms with E-state index in [9.17, 15) is 9.90 Å². The molecule has 3 heteroatoms. The second-order valence-electron chi connectivity index (χ2n) is 5.94. The molecule has 1 saturated carbocycles. The van der Waals surface area contributed by atoms with Gasteiger partial charge in [-0.2, -0.15) is 0 Å². The molecule has 0 aromatic heterocycles. The summed E-state index contributed by atoms with van der Waals surface area (Å²) in [5.41, 5.74) is -0.427. The van der Waals surface area contributed by atoms with E-state index in [-0.39, 0.29) is 0 Å². The van der Waals surface area contributed by atoms with Gasteiger partial charge in [0.1, 0.15) is 0 Å². The first-order chi connectivity index (χ1) is 7.53. The summed E-state index contributed by atoms with van der Waals surface area (Å²) >= 11 is 0. The maximum absolute atomic E-state index is 11.4. The standard InChI is InChI=1S/C13H23NO2/c1-10-7-14(8-11(10)2)9-13(12(15)16)5-3-4-6-13/h10-11H,3-9H2,1-2H3,(H,15,16). The summed E-state index contributed by atoms with van der Waals surface area (Å²) in [7, 11) is 0. The number of likely N-dealkylation sites (tertiary alicyclic amines) is 1. The minimum atomic E-state index is -0.572. The Morgan fingerprint density at radius 3 is 2.19 bits per heavy atom. The van der Waals surface area contributed by atoms with Crippen LogP contribution in [0.4, 0.5) is 0 Å². The monoisotopic (exact) mass is 225 g/mol. The summed E-state index contributed by atoms with van der Waals surface area (Å²) in [6, 6.07) is 0. The Bertz CT molecular complexity index is 261. The Hall–Kier alpha value is -0.570. The third kappa shape index (κ3) is 2.10. The van der Waals surface area contributed by atoms with Gasteiger partial charge in [-0.05, 0) is 24.7 Å². The summed E-state index contributed by atoms with van der Waals surface area (Å²) in [6.45, 7) is 7.48. The molecule has 1 saturated heterocycles. The van der Waals surface area contributed by atoms with Crippen molar-refractivity contribution < 1.29 is 9.90 Å². The topological polar surface area (TPSA) is 40.5 Å². The third-order valence-electron chi connectivity index (χ3n) is 4.60. The van der Waals surface area contributed by atoms with Gasteiger partial charge in [0.15, 0.2) is 0 Å². The minimum Gasteiger partial charge on any atom is -0.481 e. The maximum Gasteiger partial charge on any atom is 0.310 e. The molecule has 2 unspecified atom stereocenters. The molecule has 0 aromatic carbocycles. The Morgan fingerprint density at radius 1 is 1.25 bits per heavy atom. The number of nitrogens with zero attached hydrogens (tertiary/aromatic N) is 1. The summed E-state index contributed by atoms with van der Waals surface area (Å²) in [4.78, 5) is 13.8. The highest BCUT2D eigenvalue weighted by atomic mass is 16.4. The molecule has 1 heterocycles. The van der Waals surface area contributed by atoms with Crippen LogP contribution in [-0.2, 0) is 4.79 Å². The highest BCUT2D eigenvalue weighted by molar-refractivity contribution is 5.75. The van der Waals surface area contributed by atoms with Crippen LogP contribution in [-0.4, -0.2) is 35.6 Å². The molecule has 2 aliphatic rings. The molecular formula is C13H23NO2. The maximum atomic E-state index is 11.4. The fourth-order valence-corrected chi connectivity index (χ4v) is 3.30. The van der Waals surface area contributed by atoms with E-state index in [0.29, 0.717) is 11.8 Å². The van der Waals surface area contributed by atoms with Gasteiger partial charge >= 0.3 is 5.97 Å². The molecule has 3 nitrogen and oxygen atoms in total. The molecule has 1 N–H and O–H groups in total. The Kier molecular flexibility index (Phi) is 3.24. The van der Waals surface area contributed by atoms with Crippen molar-refractivity contribution in [2.45, 2.75) is 39.5 Å². The normalized spacial score (nSPS) is 34.4. The molecular weight excluding hydrogens is 202 g/mol. The first-order valence-corrected chi connectivity index (χ1v) is 6.49. The van der Waals surface area contributed by atoms with E-state index >= 15 is 0 Å². The van der Waals surface area contributed by atoms with Crippen molar-refractivity contribution in [1.29, 1.82) is 0 Å². The number of hydrogen-bond acceptors (Lipinski definition) is 2. The van der Waals surface area contributed by atoms with Crippen LogP contribution >= 0.6 is 0 Å². The summed E-state index contributed by atoms with van der Waals surface area (Å²) in [6.07, 6.45) is 3.93. The van der Waals surface area contributed by atoms with Crippen molar-refractivity contribution in [2.24, 2.45) is 17.3 Å². The lowest BCUT2D eigenvalue weighted by atomic mass is 9.86. The zero-order valence-corrected chi connectivity index (χ0v) is 10.4. The highest BCUT2D eigenvalue weighted by Crippen LogP contribution is 2.40. The van der Waals surface area contributed by atoms with Gasteiger partial charge in [0.25, 0.3) is 0 Å². The van der Waals surface area contributed by atoms with E-state index in [1.807, 2.05) is 0 Å². The lowest BCUT2D eigenvalue weighted by Crippen LogP contribution is -2.40. The quantitative estimate of drug-likeness (QED) is 0.800. The molecule has 1 aliphatic carbocycles. The molecule has 0 amide bonds. The van der Waals surface area contributed by atoms with E-state index in [0.717, 1.165) is 45.3 Å². The van der Waals surface area contributed by atoms with Crippen molar-refractivity contribution >= 4 is 5.97 Å². The number of aliphatic carboxylic acids is 1. The first-order valence-electron chi connectivity index (χ1n) is 6.49. The Balaban J connectivity index is 1.99. The van der Waals surface area contributed by atoms with Gasteiger partial charge in [0.2, 0.25) is 0 Å². The van der Waals surface area contributed by atoms with Gasteiger partial charge in [-0.1, -0.05) is 26.7 Å². The SMILES string of the molecule is CC1CN(CC2(C(=O)O)CCCC2)CC1C. The Labute approximate surface area is 97.8 Å². The number of hydrogen-bond donors (Lipinski definition) is 1. The third-order valence-corrected chi connectivity index (χ3v) is 4.60. The fraction of sp³-hybridized carbons (Fsp3) is 0.923. The van der Waals surface area contributed by atoms with Crippen LogP contribution in [0.3, 0.4) is 0 Å². The van der Waals surface area contributed by atoms with Crippen LogP contribution < -0.4 is 0 Å². The first kappa shape index (κ1) is 11.9. The number of carboxylic acids is 1. The smallest absolute Gasteiger partial charge is 0.310 e. The van der Waals surface area contributed by atoms with E-state index in [1.54, 1.807) is 0 Å². The van der Waals surface area contributed by atoms with Crippen LogP contribution in [0.2, 0.25) is 0 Å². The van der Waals surface area contributed by atoms with Crippen LogP contribution in [0, 0.1) is 17.3 Å². The molecule has 2 rings (SSSR count). The van der Waals surface area contributed by atoms with E-state index in [1.165, 1.54) is 0 Å². The van der Waals surface area contributed by atoms with Crippen molar-refractivity contribution in [1.82, 2.24) is 4.90 Å². The summed E-state index contributed by atoms with van der Waals surface area (Å²) in [5.74, 6) is 0.858. The van der Waals surface area contributed by atoms with Crippen LogP contribution in [0.25, 0.3) is 0 Å². The second-order valence-corrected chi connectivity index (χ2v) is 5.94. The van der Waals surface area contributed by atoms with Crippen molar-refractivity contribution in [3.8, 4) is 0 Å². The predicted octanol–water partition coefficient (Wildman–Crippen LogP) is 2.22. The summed E-state index contributed by atoms with van der Waals surface area (Å²) < 4.78 is 0. The van der Waals surface area contributed by atoms with Crippen molar-refractivity contribution in [3.05, 3.63) is 0 Å². The van der Waals surface area contributed by atoms with Crippen LogP contribution in [0.5, 0.6) is 0 Å². The summed E-state index contributed by atoms with van der Waals surface area (Å²) in [5, 5.41) is 9.43. The largest absolute Gasteiger partial charge is 0.481 e. The molecule has 1 aliphatic heterocycles. The van der Waals surface area contributed by atoms with E-state index in [2.05, 4.69) is 18.7 Å². The van der Waals surface area contributed by atoms with Gasteiger partial charge in [-0.15, -0.1) is 0 Å². The molecule has 0 spiro atoms. The molecule has 2 fully saturated rings. The lowest BCUT2D eigenvalue weighted by molar-refractivity contribution is -0.149. The zero-order chi connectivity index (χ0) is 11.8. The minimum absolute atomic E-state index is 0.427. The Morgan fingerprint density at radius 2 is 1.75 bits per heavy atom. The molecule has 0 radical (unpaired) electrons. The zero-order valence-electron chi connectivity index (χ0n) is 10.4. The number of carboxylic acid groups (broad SMARTS) is 1.